The number of rotatable bonds is 3. The zero-order valence-corrected chi connectivity index (χ0v) is 14.9. The van der Waals surface area contributed by atoms with Gasteiger partial charge < -0.3 is 10.6 Å². The van der Waals surface area contributed by atoms with Crippen LogP contribution in [0.15, 0.2) is 36.4 Å². The van der Waals surface area contributed by atoms with Gasteiger partial charge in [0.25, 0.3) is 0 Å². The Labute approximate surface area is 142 Å². The third-order valence-corrected chi connectivity index (χ3v) is 4.21. The predicted molar refractivity (Wildman–Crippen MR) is 101 cm³/mol. The van der Waals surface area contributed by atoms with Crippen LogP contribution in [0.4, 0.5) is 11.4 Å². The second kappa shape index (κ2) is 7.12. The van der Waals surface area contributed by atoms with Crippen LogP contribution in [0.3, 0.4) is 0 Å². The van der Waals surface area contributed by atoms with Crippen molar-refractivity contribution in [3.63, 3.8) is 0 Å². The quantitative estimate of drug-likeness (QED) is 0.685. The first-order chi connectivity index (χ1) is 10.4. The SMILES string of the molecule is Cc1ccc(NC(=S)Nc2c(C)cccc2C(C)C)cc1Cl. The second-order valence-corrected chi connectivity index (χ2v) is 6.55. The van der Waals surface area contributed by atoms with E-state index in [0.29, 0.717) is 11.0 Å². The fraction of sp³-hybridized carbons (Fsp3) is 0.278. The summed E-state index contributed by atoms with van der Waals surface area (Å²) in [6.07, 6.45) is 0. The van der Waals surface area contributed by atoms with Gasteiger partial charge in [0.15, 0.2) is 5.11 Å². The summed E-state index contributed by atoms with van der Waals surface area (Å²) in [7, 11) is 0. The van der Waals surface area contributed by atoms with Gasteiger partial charge in [-0.15, -0.1) is 0 Å². The number of hydrogen-bond acceptors (Lipinski definition) is 1. The number of benzene rings is 2. The maximum atomic E-state index is 6.15. The maximum Gasteiger partial charge on any atom is 0.175 e. The number of nitrogens with one attached hydrogen (secondary N) is 2. The predicted octanol–water partition coefficient (Wildman–Crippen LogP) is 5.89. The lowest BCUT2D eigenvalue weighted by molar-refractivity contribution is 0.868. The highest BCUT2D eigenvalue weighted by Crippen LogP contribution is 2.28. The third kappa shape index (κ3) is 3.99. The van der Waals surface area contributed by atoms with Gasteiger partial charge in [0.1, 0.15) is 0 Å². The Balaban J connectivity index is 2.17. The van der Waals surface area contributed by atoms with Gasteiger partial charge in [-0.1, -0.05) is 49.7 Å². The Kier molecular flexibility index (Phi) is 5.43. The molecule has 0 heterocycles. The summed E-state index contributed by atoms with van der Waals surface area (Å²) in [5.41, 5.74) is 5.44. The second-order valence-electron chi connectivity index (χ2n) is 5.74. The number of halogens is 1. The Morgan fingerprint density at radius 3 is 2.41 bits per heavy atom. The van der Waals surface area contributed by atoms with Crippen LogP contribution in [0.2, 0.25) is 5.02 Å². The fourth-order valence-corrected chi connectivity index (χ4v) is 2.69. The molecule has 0 amide bonds. The van der Waals surface area contributed by atoms with Crippen molar-refractivity contribution >= 4 is 40.3 Å². The van der Waals surface area contributed by atoms with Crippen LogP contribution in [0, 0.1) is 13.8 Å². The van der Waals surface area contributed by atoms with Gasteiger partial charge in [-0.25, -0.2) is 0 Å². The van der Waals surface area contributed by atoms with Crippen LogP contribution in [0.25, 0.3) is 0 Å². The summed E-state index contributed by atoms with van der Waals surface area (Å²) in [4.78, 5) is 0. The fourth-order valence-electron chi connectivity index (χ4n) is 2.29. The monoisotopic (exact) mass is 332 g/mol. The summed E-state index contributed by atoms with van der Waals surface area (Å²) in [6.45, 7) is 8.41. The van der Waals surface area contributed by atoms with Crippen LogP contribution < -0.4 is 10.6 Å². The van der Waals surface area contributed by atoms with E-state index in [-0.39, 0.29) is 0 Å². The van der Waals surface area contributed by atoms with Crippen molar-refractivity contribution in [3.05, 3.63) is 58.1 Å². The third-order valence-electron chi connectivity index (χ3n) is 3.60. The van der Waals surface area contributed by atoms with Crippen LogP contribution in [-0.2, 0) is 0 Å². The van der Waals surface area contributed by atoms with Gasteiger partial charge in [-0.05, 0) is 60.8 Å². The zero-order chi connectivity index (χ0) is 16.3. The highest BCUT2D eigenvalue weighted by molar-refractivity contribution is 7.80. The Morgan fingerprint density at radius 2 is 1.77 bits per heavy atom. The molecule has 2 rings (SSSR count). The topological polar surface area (TPSA) is 24.1 Å². The Bertz CT molecular complexity index is 695. The molecular weight excluding hydrogens is 312 g/mol. The largest absolute Gasteiger partial charge is 0.332 e. The molecular formula is C18H21ClN2S. The molecule has 0 atom stereocenters. The molecule has 2 nitrogen and oxygen atoms in total. The molecule has 0 bridgehead atoms. The standard InChI is InChI=1S/C18H21ClN2S/c1-11(2)15-7-5-6-13(4)17(15)21-18(22)20-14-9-8-12(3)16(19)10-14/h5-11H,1-4H3,(H2,20,21,22). The van der Waals surface area contributed by atoms with Crippen molar-refractivity contribution in [2.24, 2.45) is 0 Å². The number of anilines is 2. The normalized spacial score (nSPS) is 10.6. The molecule has 0 aliphatic heterocycles. The molecule has 0 saturated heterocycles. The van der Waals surface area contributed by atoms with Crippen molar-refractivity contribution in [3.8, 4) is 0 Å². The summed E-state index contributed by atoms with van der Waals surface area (Å²) in [5, 5.41) is 7.80. The molecule has 0 aliphatic carbocycles. The number of hydrogen-bond donors (Lipinski definition) is 2. The first-order valence-electron chi connectivity index (χ1n) is 7.32. The van der Waals surface area contributed by atoms with E-state index >= 15 is 0 Å². The molecule has 4 heteroatoms. The lowest BCUT2D eigenvalue weighted by Crippen LogP contribution is -2.20. The first kappa shape index (κ1) is 16.8. The van der Waals surface area contributed by atoms with E-state index in [9.17, 15) is 0 Å². The minimum atomic E-state index is 0.430. The van der Waals surface area contributed by atoms with Crippen LogP contribution in [0.1, 0.15) is 36.5 Å². The molecule has 2 N–H and O–H groups in total. The Morgan fingerprint density at radius 1 is 1.05 bits per heavy atom. The average molecular weight is 333 g/mol. The van der Waals surface area contributed by atoms with Crippen molar-refractivity contribution < 1.29 is 0 Å². The van der Waals surface area contributed by atoms with Gasteiger partial charge in [-0.3, -0.25) is 0 Å². The molecule has 0 radical (unpaired) electrons. The van der Waals surface area contributed by atoms with E-state index < -0.39 is 0 Å². The van der Waals surface area contributed by atoms with Gasteiger partial charge in [0.2, 0.25) is 0 Å². The van der Waals surface area contributed by atoms with E-state index in [4.69, 9.17) is 23.8 Å². The highest BCUT2D eigenvalue weighted by Gasteiger charge is 2.10. The Hall–Kier alpha value is -1.58. The summed E-state index contributed by atoms with van der Waals surface area (Å²) in [6, 6.07) is 12.1. The van der Waals surface area contributed by atoms with E-state index in [2.05, 4.69) is 49.6 Å². The number of thiocarbonyl (C=S) groups is 1. The van der Waals surface area contributed by atoms with Crippen molar-refractivity contribution in [1.29, 1.82) is 0 Å². The van der Waals surface area contributed by atoms with Crippen molar-refractivity contribution in [2.45, 2.75) is 33.6 Å². The number of aryl methyl sites for hydroxylation is 2. The summed E-state index contributed by atoms with van der Waals surface area (Å²) < 4.78 is 0. The van der Waals surface area contributed by atoms with E-state index in [0.717, 1.165) is 22.0 Å². The first-order valence-corrected chi connectivity index (χ1v) is 8.10. The minimum Gasteiger partial charge on any atom is -0.332 e. The van der Waals surface area contributed by atoms with Gasteiger partial charge in [0, 0.05) is 16.4 Å². The molecule has 0 spiro atoms. The molecule has 2 aromatic rings. The van der Waals surface area contributed by atoms with E-state index in [1.165, 1.54) is 11.1 Å². The summed E-state index contributed by atoms with van der Waals surface area (Å²) >= 11 is 11.6. The molecule has 0 saturated carbocycles. The van der Waals surface area contributed by atoms with Gasteiger partial charge >= 0.3 is 0 Å². The minimum absolute atomic E-state index is 0.430. The molecule has 116 valence electrons. The van der Waals surface area contributed by atoms with Crippen LogP contribution >= 0.6 is 23.8 Å². The molecule has 2 aromatic carbocycles. The summed E-state index contributed by atoms with van der Waals surface area (Å²) in [5.74, 6) is 0.430. The highest BCUT2D eigenvalue weighted by atomic mass is 35.5. The molecule has 0 unspecified atom stereocenters. The molecule has 0 fully saturated rings. The number of para-hydroxylation sites is 1. The zero-order valence-electron chi connectivity index (χ0n) is 13.3. The van der Waals surface area contributed by atoms with Gasteiger partial charge in [-0.2, -0.15) is 0 Å². The van der Waals surface area contributed by atoms with E-state index in [1.807, 2.05) is 25.1 Å². The smallest absolute Gasteiger partial charge is 0.175 e. The van der Waals surface area contributed by atoms with Crippen LogP contribution in [0.5, 0.6) is 0 Å². The van der Waals surface area contributed by atoms with Crippen molar-refractivity contribution in [2.75, 3.05) is 10.6 Å². The average Bonchev–Trinajstić information content (AvgIpc) is 2.45. The van der Waals surface area contributed by atoms with Gasteiger partial charge in [0.05, 0.1) is 0 Å². The molecule has 0 aliphatic rings. The van der Waals surface area contributed by atoms with Crippen molar-refractivity contribution in [1.82, 2.24) is 0 Å². The van der Waals surface area contributed by atoms with Crippen LogP contribution in [-0.4, -0.2) is 5.11 Å². The van der Waals surface area contributed by atoms with E-state index in [1.54, 1.807) is 0 Å². The molecule has 0 aromatic heterocycles. The lowest BCUT2D eigenvalue weighted by atomic mass is 9.98. The molecule has 22 heavy (non-hydrogen) atoms. The maximum absolute atomic E-state index is 6.15. The lowest BCUT2D eigenvalue weighted by Gasteiger charge is -2.18.